The summed E-state index contributed by atoms with van der Waals surface area (Å²) < 4.78 is 13.4. The summed E-state index contributed by atoms with van der Waals surface area (Å²) in [5.41, 5.74) is 0.891. The Morgan fingerprint density at radius 1 is 1.35 bits per heavy atom. The maximum Gasteiger partial charge on any atom is 0.228 e. The van der Waals surface area contributed by atoms with Crippen LogP contribution in [0.15, 0.2) is 34.9 Å². The molecule has 0 fully saturated rings. The van der Waals surface area contributed by atoms with E-state index in [4.69, 9.17) is 5.26 Å². The minimum atomic E-state index is -0.339. The Balaban J connectivity index is 2.28. The van der Waals surface area contributed by atoms with Crippen molar-refractivity contribution in [2.24, 2.45) is 0 Å². The van der Waals surface area contributed by atoms with Crippen molar-refractivity contribution >= 4 is 27.6 Å². The first kappa shape index (κ1) is 11.5. The van der Waals surface area contributed by atoms with Crippen LogP contribution in [0.5, 0.6) is 0 Å². The summed E-state index contributed by atoms with van der Waals surface area (Å²) in [6, 6.07) is 7.63. The lowest BCUT2D eigenvalue weighted by Crippen LogP contribution is -1.98. The van der Waals surface area contributed by atoms with Crippen molar-refractivity contribution in [1.29, 1.82) is 5.26 Å². The average molecular weight is 293 g/mol. The molecule has 0 amide bonds. The smallest absolute Gasteiger partial charge is 0.228 e. The van der Waals surface area contributed by atoms with Crippen LogP contribution in [0.3, 0.4) is 0 Å². The molecule has 2 aromatic rings. The molecule has 0 unspecified atom stereocenters. The number of nitriles is 1. The van der Waals surface area contributed by atoms with Gasteiger partial charge in [0, 0.05) is 10.7 Å². The van der Waals surface area contributed by atoms with E-state index in [-0.39, 0.29) is 17.5 Å². The van der Waals surface area contributed by atoms with Crippen molar-refractivity contribution in [3.05, 3.63) is 46.4 Å². The Kier molecular flexibility index (Phi) is 3.30. The highest BCUT2D eigenvalue weighted by Gasteiger charge is 2.04. The second kappa shape index (κ2) is 4.89. The van der Waals surface area contributed by atoms with Crippen LogP contribution in [0, 0.1) is 17.1 Å². The van der Waals surface area contributed by atoms with Crippen LogP contribution in [-0.2, 0) is 0 Å². The SMILES string of the molecule is N#Cc1ccnc(Nc2ccc(F)cc2Br)n1. The highest BCUT2D eigenvalue weighted by Crippen LogP contribution is 2.25. The molecule has 0 saturated heterocycles. The summed E-state index contributed by atoms with van der Waals surface area (Å²) >= 11 is 3.22. The van der Waals surface area contributed by atoms with E-state index >= 15 is 0 Å². The van der Waals surface area contributed by atoms with E-state index < -0.39 is 0 Å². The van der Waals surface area contributed by atoms with Gasteiger partial charge in [0.1, 0.15) is 17.6 Å². The largest absolute Gasteiger partial charge is 0.323 e. The maximum absolute atomic E-state index is 12.9. The van der Waals surface area contributed by atoms with Crippen LogP contribution < -0.4 is 5.32 Å². The molecule has 0 aliphatic heterocycles. The van der Waals surface area contributed by atoms with Crippen LogP contribution in [0.1, 0.15) is 5.69 Å². The Morgan fingerprint density at radius 2 is 2.18 bits per heavy atom. The monoisotopic (exact) mass is 292 g/mol. The fourth-order valence-corrected chi connectivity index (χ4v) is 1.64. The molecule has 0 atom stereocenters. The molecule has 1 aromatic heterocycles. The molecule has 1 N–H and O–H groups in total. The average Bonchev–Trinajstić information content (AvgIpc) is 2.33. The van der Waals surface area contributed by atoms with Crippen molar-refractivity contribution in [2.75, 3.05) is 5.32 Å². The number of halogens is 2. The number of hydrogen-bond acceptors (Lipinski definition) is 4. The molecule has 1 aromatic carbocycles. The summed E-state index contributed by atoms with van der Waals surface area (Å²) in [7, 11) is 0. The van der Waals surface area contributed by atoms with Gasteiger partial charge in [-0.2, -0.15) is 5.26 Å². The standard InChI is InChI=1S/C11H6BrFN4/c12-9-5-7(13)1-2-10(9)17-11-15-4-3-8(6-14)16-11/h1-5H,(H,15,16,17). The van der Waals surface area contributed by atoms with E-state index in [0.717, 1.165) is 0 Å². The third-order valence-corrected chi connectivity index (χ3v) is 2.60. The molecular weight excluding hydrogens is 287 g/mol. The van der Waals surface area contributed by atoms with E-state index in [1.54, 1.807) is 6.07 Å². The molecular formula is C11H6BrFN4. The molecule has 6 heteroatoms. The molecule has 0 spiro atoms. The summed E-state index contributed by atoms with van der Waals surface area (Å²) in [4.78, 5) is 7.91. The van der Waals surface area contributed by atoms with Gasteiger partial charge in [0.25, 0.3) is 0 Å². The zero-order chi connectivity index (χ0) is 12.3. The summed E-state index contributed by atoms with van der Waals surface area (Å²) in [5.74, 6) is -0.0505. The Labute approximate surface area is 105 Å². The van der Waals surface area contributed by atoms with Gasteiger partial charge in [-0.1, -0.05) is 0 Å². The highest BCUT2D eigenvalue weighted by molar-refractivity contribution is 9.10. The minimum absolute atomic E-state index is 0.265. The van der Waals surface area contributed by atoms with Crippen LogP contribution in [0.2, 0.25) is 0 Å². The van der Waals surface area contributed by atoms with Crippen molar-refractivity contribution in [3.63, 3.8) is 0 Å². The first-order valence-electron chi connectivity index (χ1n) is 4.64. The fraction of sp³-hybridized carbons (Fsp3) is 0. The van der Waals surface area contributed by atoms with E-state index in [1.165, 1.54) is 24.4 Å². The predicted molar refractivity (Wildman–Crippen MR) is 64.1 cm³/mol. The lowest BCUT2D eigenvalue weighted by molar-refractivity contribution is 0.627. The second-order valence-electron chi connectivity index (χ2n) is 3.13. The van der Waals surface area contributed by atoms with Gasteiger partial charge in [0.15, 0.2) is 0 Å². The second-order valence-corrected chi connectivity index (χ2v) is 3.98. The third-order valence-electron chi connectivity index (χ3n) is 1.95. The number of aromatic nitrogens is 2. The van der Waals surface area contributed by atoms with Crippen LogP contribution in [-0.4, -0.2) is 9.97 Å². The normalized spacial score (nSPS) is 9.71. The van der Waals surface area contributed by atoms with Gasteiger partial charge in [-0.05, 0) is 40.2 Å². The zero-order valence-corrected chi connectivity index (χ0v) is 10.1. The number of benzene rings is 1. The van der Waals surface area contributed by atoms with Gasteiger partial charge in [-0.3, -0.25) is 0 Å². The molecule has 17 heavy (non-hydrogen) atoms. The van der Waals surface area contributed by atoms with Gasteiger partial charge in [-0.25, -0.2) is 14.4 Å². The van der Waals surface area contributed by atoms with Crippen molar-refractivity contribution in [1.82, 2.24) is 9.97 Å². The van der Waals surface area contributed by atoms with Gasteiger partial charge < -0.3 is 5.32 Å². The molecule has 0 saturated carbocycles. The van der Waals surface area contributed by atoms with Crippen molar-refractivity contribution in [3.8, 4) is 6.07 Å². The molecule has 84 valence electrons. The van der Waals surface area contributed by atoms with Crippen LogP contribution >= 0.6 is 15.9 Å². The molecule has 2 rings (SSSR count). The maximum atomic E-state index is 12.9. The van der Waals surface area contributed by atoms with Gasteiger partial charge in [0.05, 0.1) is 5.69 Å². The Morgan fingerprint density at radius 3 is 2.88 bits per heavy atom. The van der Waals surface area contributed by atoms with Gasteiger partial charge >= 0.3 is 0 Å². The van der Waals surface area contributed by atoms with Gasteiger partial charge in [-0.15, -0.1) is 0 Å². The Hall–Kier alpha value is -2.00. The van der Waals surface area contributed by atoms with Crippen molar-refractivity contribution < 1.29 is 4.39 Å². The van der Waals surface area contributed by atoms with Gasteiger partial charge in [0.2, 0.25) is 5.95 Å². The van der Waals surface area contributed by atoms with Crippen molar-refractivity contribution in [2.45, 2.75) is 0 Å². The number of nitrogens with zero attached hydrogens (tertiary/aromatic N) is 3. The molecule has 1 heterocycles. The van der Waals surface area contributed by atoms with E-state index in [1.807, 2.05) is 6.07 Å². The molecule has 0 aliphatic carbocycles. The lowest BCUT2D eigenvalue weighted by Gasteiger charge is -2.06. The van der Waals surface area contributed by atoms with E-state index in [9.17, 15) is 4.39 Å². The quantitative estimate of drug-likeness (QED) is 0.924. The third kappa shape index (κ3) is 2.77. The van der Waals surface area contributed by atoms with E-state index in [2.05, 4.69) is 31.2 Å². The fourth-order valence-electron chi connectivity index (χ4n) is 1.19. The Bertz CT molecular complexity index is 594. The lowest BCUT2D eigenvalue weighted by atomic mass is 10.3. The number of nitrogens with one attached hydrogen (secondary N) is 1. The highest BCUT2D eigenvalue weighted by atomic mass is 79.9. The molecule has 4 nitrogen and oxygen atoms in total. The predicted octanol–water partition coefficient (Wildman–Crippen LogP) is 2.99. The van der Waals surface area contributed by atoms with Crippen LogP contribution in [0.4, 0.5) is 16.0 Å². The first-order chi connectivity index (χ1) is 8.19. The van der Waals surface area contributed by atoms with E-state index in [0.29, 0.717) is 10.2 Å². The summed E-state index contributed by atoms with van der Waals surface area (Å²) in [6.45, 7) is 0. The minimum Gasteiger partial charge on any atom is -0.323 e. The zero-order valence-electron chi connectivity index (χ0n) is 8.48. The molecule has 0 radical (unpaired) electrons. The summed E-state index contributed by atoms with van der Waals surface area (Å²) in [5, 5.41) is 11.6. The number of hydrogen-bond donors (Lipinski definition) is 1. The number of rotatable bonds is 2. The molecule has 0 bridgehead atoms. The summed E-state index contributed by atoms with van der Waals surface area (Å²) in [6.07, 6.45) is 1.48. The first-order valence-corrected chi connectivity index (χ1v) is 5.43. The topological polar surface area (TPSA) is 61.6 Å². The van der Waals surface area contributed by atoms with Crippen LogP contribution in [0.25, 0.3) is 0 Å². The molecule has 0 aliphatic rings. The number of anilines is 2.